The van der Waals surface area contributed by atoms with E-state index in [-0.39, 0.29) is 23.5 Å². The number of aliphatic hydroxyl groups is 1. The second-order valence-corrected chi connectivity index (χ2v) is 6.43. The van der Waals surface area contributed by atoms with Crippen LogP contribution in [0.2, 0.25) is 0 Å². The van der Waals surface area contributed by atoms with Crippen LogP contribution in [0.15, 0.2) is 24.3 Å². The molecule has 0 aromatic rings. The monoisotopic (exact) mass is 234 g/mol. The highest BCUT2D eigenvalue weighted by atomic mass is 16.5. The van der Waals surface area contributed by atoms with Gasteiger partial charge in [0.05, 0.1) is 12.2 Å². The van der Waals surface area contributed by atoms with Crippen LogP contribution in [0.3, 0.4) is 0 Å². The Hall–Kier alpha value is -0.600. The fourth-order valence-corrected chi connectivity index (χ4v) is 4.23. The first-order chi connectivity index (χ1) is 7.90. The van der Waals surface area contributed by atoms with Gasteiger partial charge in [0.15, 0.2) is 0 Å². The van der Waals surface area contributed by atoms with E-state index in [0.29, 0.717) is 0 Å². The standard InChI is InChI=1S/C15H22O2/c1-9(2)11-5-7-14(4)8-6-12-10(3)15(14,16)13(11)17-12/h11-13,16H,1,3,5-8H2,2,4H3. The lowest BCUT2D eigenvalue weighted by Gasteiger charge is -2.53. The Balaban J connectivity index is 2.09. The molecule has 0 aromatic carbocycles. The van der Waals surface area contributed by atoms with Gasteiger partial charge in [-0.1, -0.05) is 25.7 Å². The summed E-state index contributed by atoms with van der Waals surface area (Å²) in [6.45, 7) is 12.4. The highest BCUT2D eigenvalue weighted by Gasteiger charge is 2.66. The second-order valence-electron chi connectivity index (χ2n) is 6.43. The van der Waals surface area contributed by atoms with Gasteiger partial charge in [0, 0.05) is 11.3 Å². The minimum Gasteiger partial charge on any atom is -0.382 e. The van der Waals surface area contributed by atoms with Gasteiger partial charge >= 0.3 is 0 Å². The molecule has 1 N–H and O–H groups in total. The lowest BCUT2D eigenvalue weighted by atomic mass is 9.53. The van der Waals surface area contributed by atoms with E-state index in [4.69, 9.17) is 4.74 Å². The number of rotatable bonds is 1. The maximum Gasteiger partial charge on any atom is 0.120 e. The van der Waals surface area contributed by atoms with Crippen molar-refractivity contribution in [1.29, 1.82) is 0 Å². The average molecular weight is 234 g/mol. The van der Waals surface area contributed by atoms with Crippen molar-refractivity contribution in [2.24, 2.45) is 11.3 Å². The average Bonchev–Trinajstić information content (AvgIpc) is 2.50. The summed E-state index contributed by atoms with van der Waals surface area (Å²) >= 11 is 0. The molecule has 2 bridgehead atoms. The van der Waals surface area contributed by atoms with Crippen LogP contribution in [0.4, 0.5) is 0 Å². The van der Waals surface area contributed by atoms with Crippen LogP contribution in [0.5, 0.6) is 0 Å². The summed E-state index contributed by atoms with van der Waals surface area (Å²) in [4.78, 5) is 0. The molecule has 2 heteroatoms. The molecule has 1 aliphatic heterocycles. The number of hydrogen-bond acceptors (Lipinski definition) is 2. The van der Waals surface area contributed by atoms with Gasteiger partial charge in [-0.15, -0.1) is 0 Å². The highest BCUT2D eigenvalue weighted by Crippen LogP contribution is 2.62. The van der Waals surface area contributed by atoms with Crippen LogP contribution in [-0.4, -0.2) is 22.9 Å². The molecule has 17 heavy (non-hydrogen) atoms. The molecule has 0 amide bonds. The van der Waals surface area contributed by atoms with E-state index in [0.717, 1.165) is 36.8 Å². The lowest BCUT2D eigenvalue weighted by molar-refractivity contribution is -0.143. The topological polar surface area (TPSA) is 29.5 Å². The van der Waals surface area contributed by atoms with Gasteiger partial charge in [-0.25, -0.2) is 0 Å². The van der Waals surface area contributed by atoms with Gasteiger partial charge in [0.25, 0.3) is 0 Å². The Morgan fingerprint density at radius 3 is 2.71 bits per heavy atom. The molecule has 5 atom stereocenters. The van der Waals surface area contributed by atoms with Gasteiger partial charge in [0.2, 0.25) is 0 Å². The summed E-state index contributed by atoms with van der Waals surface area (Å²) in [6, 6.07) is 0. The predicted octanol–water partition coefficient (Wildman–Crippen LogP) is 2.83. The van der Waals surface area contributed by atoms with Gasteiger partial charge in [-0.05, 0) is 38.2 Å². The molecule has 94 valence electrons. The molecule has 5 unspecified atom stereocenters. The summed E-state index contributed by atoms with van der Waals surface area (Å²) in [6.07, 6.45) is 4.14. The molecule has 0 spiro atoms. The van der Waals surface area contributed by atoms with E-state index < -0.39 is 5.60 Å². The zero-order valence-corrected chi connectivity index (χ0v) is 10.8. The smallest absolute Gasteiger partial charge is 0.120 e. The van der Waals surface area contributed by atoms with E-state index >= 15 is 0 Å². The first-order valence-corrected chi connectivity index (χ1v) is 6.63. The first-order valence-electron chi connectivity index (χ1n) is 6.63. The molecule has 1 saturated heterocycles. The minimum absolute atomic E-state index is 0.0479. The molecule has 2 aliphatic carbocycles. The lowest BCUT2D eigenvalue weighted by Crippen LogP contribution is -2.60. The van der Waals surface area contributed by atoms with Crippen molar-refractivity contribution in [3.8, 4) is 0 Å². The normalized spacial score (nSPS) is 52.6. The van der Waals surface area contributed by atoms with E-state index in [1.807, 2.05) is 6.92 Å². The molecule has 3 aliphatic rings. The number of fused-ring (bicyclic) bond motifs is 1. The van der Waals surface area contributed by atoms with E-state index in [1.165, 1.54) is 0 Å². The Labute approximate surface area is 103 Å². The summed E-state index contributed by atoms with van der Waals surface area (Å²) in [7, 11) is 0. The molecule has 3 fully saturated rings. The minimum atomic E-state index is -0.822. The Bertz CT molecular complexity index is 400. The highest BCUT2D eigenvalue weighted by molar-refractivity contribution is 5.36. The molecular formula is C15H22O2. The van der Waals surface area contributed by atoms with E-state index in [1.54, 1.807) is 0 Å². The largest absolute Gasteiger partial charge is 0.382 e. The Morgan fingerprint density at radius 1 is 1.41 bits per heavy atom. The SMILES string of the molecule is C=C(C)C1CCC2(C)CCC3OC1C2(O)C3=C. The number of ether oxygens (including phenoxy) is 1. The van der Waals surface area contributed by atoms with E-state index in [9.17, 15) is 5.11 Å². The molecule has 1 heterocycles. The van der Waals surface area contributed by atoms with Crippen LogP contribution in [0, 0.1) is 11.3 Å². The van der Waals surface area contributed by atoms with Gasteiger partial charge in [-0.3, -0.25) is 0 Å². The number of hydrogen-bond donors (Lipinski definition) is 1. The van der Waals surface area contributed by atoms with Crippen molar-refractivity contribution >= 4 is 0 Å². The van der Waals surface area contributed by atoms with Crippen molar-refractivity contribution < 1.29 is 9.84 Å². The summed E-state index contributed by atoms with van der Waals surface area (Å²) in [5.41, 5.74) is 1.18. The summed E-state index contributed by atoms with van der Waals surface area (Å²) < 4.78 is 6.10. The Morgan fingerprint density at radius 2 is 2.06 bits per heavy atom. The van der Waals surface area contributed by atoms with Crippen molar-refractivity contribution in [2.75, 3.05) is 0 Å². The fraction of sp³-hybridized carbons (Fsp3) is 0.733. The van der Waals surface area contributed by atoms with Crippen molar-refractivity contribution in [3.05, 3.63) is 24.3 Å². The zero-order valence-electron chi connectivity index (χ0n) is 10.8. The van der Waals surface area contributed by atoms with Crippen molar-refractivity contribution in [3.63, 3.8) is 0 Å². The maximum atomic E-state index is 11.2. The van der Waals surface area contributed by atoms with Crippen LogP contribution >= 0.6 is 0 Å². The van der Waals surface area contributed by atoms with Crippen LogP contribution in [-0.2, 0) is 4.74 Å². The predicted molar refractivity (Wildman–Crippen MR) is 67.6 cm³/mol. The molecule has 2 saturated carbocycles. The summed E-state index contributed by atoms with van der Waals surface area (Å²) in [5.74, 6) is 0.285. The fourth-order valence-electron chi connectivity index (χ4n) is 4.23. The molecule has 3 rings (SSSR count). The molecule has 0 aromatic heterocycles. The first kappa shape index (κ1) is 11.5. The van der Waals surface area contributed by atoms with Gasteiger partial charge in [-0.2, -0.15) is 0 Å². The van der Waals surface area contributed by atoms with Crippen molar-refractivity contribution in [2.45, 2.75) is 57.3 Å². The van der Waals surface area contributed by atoms with Gasteiger partial charge in [0.1, 0.15) is 5.60 Å². The molecule has 0 radical (unpaired) electrons. The second kappa shape index (κ2) is 3.24. The van der Waals surface area contributed by atoms with Crippen LogP contribution < -0.4 is 0 Å². The maximum absolute atomic E-state index is 11.2. The Kier molecular flexibility index (Phi) is 2.19. The zero-order chi connectivity index (χ0) is 12.4. The van der Waals surface area contributed by atoms with Crippen LogP contribution in [0.1, 0.15) is 39.5 Å². The molecular weight excluding hydrogens is 212 g/mol. The van der Waals surface area contributed by atoms with Gasteiger partial charge < -0.3 is 9.84 Å². The third-order valence-electron chi connectivity index (χ3n) is 5.48. The van der Waals surface area contributed by atoms with Crippen molar-refractivity contribution in [1.82, 2.24) is 0 Å². The molecule has 2 nitrogen and oxygen atoms in total. The summed E-state index contributed by atoms with van der Waals surface area (Å²) in [5, 5.41) is 11.2. The van der Waals surface area contributed by atoms with Crippen LogP contribution in [0.25, 0.3) is 0 Å². The third kappa shape index (κ3) is 1.18. The quantitative estimate of drug-likeness (QED) is 0.707. The third-order valence-corrected chi connectivity index (χ3v) is 5.48. The van der Waals surface area contributed by atoms with E-state index in [2.05, 4.69) is 20.1 Å².